The van der Waals surface area contributed by atoms with Crippen molar-refractivity contribution in [3.63, 3.8) is 0 Å². The molecule has 1 aromatic heterocycles. The van der Waals surface area contributed by atoms with Crippen molar-refractivity contribution in [2.24, 2.45) is 0 Å². The Bertz CT molecular complexity index is 675. The minimum Gasteiger partial charge on any atom is -0.226 e. The van der Waals surface area contributed by atoms with E-state index in [1.165, 1.54) is 11.1 Å². The molecule has 3 aromatic rings. The first-order chi connectivity index (χ1) is 9.84. The molecule has 0 fully saturated rings. The van der Waals surface area contributed by atoms with Gasteiger partial charge in [0, 0.05) is 5.56 Å². The van der Waals surface area contributed by atoms with E-state index in [2.05, 4.69) is 57.4 Å². The van der Waals surface area contributed by atoms with Crippen molar-refractivity contribution in [1.82, 2.24) is 9.78 Å². The Hall–Kier alpha value is -1.87. The Morgan fingerprint density at radius 2 is 1.50 bits per heavy atom. The average molecular weight is 327 g/mol. The highest BCUT2D eigenvalue weighted by Gasteiger charge is 2.09. The lowest BCUT2D eigenvalue weighted by atomic mass is 10.1. The summed E-state index contributed by atoms with van der Waals surface area (Å²) in [5.74, 6) is 0. The van der Waals surface area contributed by atoms with Crippen LogP contribution in [0.25, 0.3) is 5.69 Å². The molecular weight excluding hydrogens is 312 g/mol. The molecule has 0 spiro atoms. The molecule has 0 saturated heterocycles. The van der Waals surface area contributed by atoms with E-state index in [1.807, 2.05) is 35.1 Å². The van der Waals surface area contributed by atoms with Crippen molar-refractivity contribution in [2.45, 2.75) is 12.8 Å². The Morgan fingerprint density at radius 1 is 0.850 bits per heavy atom. The van der Waals surface area contributed by atoms with Crippen LogP contribution in [0.1, 0.15) is 11.1 Å². The molecule has 0 N–H and O–H groups in total. The second kappa shape index (κ2) is 6.06. The summed E-state index contributed by atoms with van der Waals surface area (Å²) >= 11 is 3.66. The Kier molecular flexibility index (Phi) is 3.97. The number of halogens is 1. The van der Waals surface area contributed by atoms with Crippen LogP contribution in [0.2, 0.25) is 0 Å². The molecule has 0 amide bonds. The number of nitrogens with zero attached hydrogens (tertiary/aromatic N) is 2. The number of hydrogen-bond donors (Lipinski definition) is 0. The molecule has 3 heteroatoms. The summed E-state index contributed by atoms with van der Waals surface area (Å²) < 4.78 is 2.97. The SMILES string of the molecule is Brc1c(CCc2ccccc2)cnn1-c1ccccc1. The highest BCUT2D eigenvalue weighted by Crippen LogP contribution is 2.22. The monoisotopic (exact) mass is 326 g/mol. The number of hydrogen-bond acceptors (Lipinski definition) is 1. The molecule has 2 nitrogen and oxygen atoms in total. The molecule has 1 heterocycles. The van der Waals surface area contributed by atoms with Crippen LogP contribution in [-0.2, 0) is 12.8 Å². The van der Waals surface area contributed by atoms with Gasteiger partial charge in [0.25, 0.3) is 0 Å². The average Bonchev–Trinajstić information content (AvgIpc) is 2.88. The van der Waals surface area contributed by atoms with Crippen LogP contribution in [0.15, 0.2) is 71.5 Å². The first-order valence-corrected chi connectivity index (χ1v) is 7.45. The van der Waals surface area contributed by atoms with Gasteiger partial charge in [-0.05, 0) is 46.5 Å². The predicted molar refractivity (Wildman–Crippen MR) is 85.1 cm³/mol. The van der Waals surface area contributed by atoms with Crippen molar-refractivity contribution >= 4 is 15.9 Å². The third-order valence-corrected chi connectivity index (χ3v) is 4.15. The molecule has 0 aliphatic rings. The fraction of sp³-hybridized carbons (Fsp3) is 0.118. The third-order valence-electron chi connectivity index (χ3n) is 3.31. The van der Waals surface area contributed by atoms with E-state index in [-0.39, 0.29) is 0 Å². The summed E-state index contributed by atoms with van der Waals surface area (Å²) in [7, 11) is 0. The van der Waals surface area contributed by atoms with Crippen molar-refractivity contribution in [3.8, 4) is 5.69 Å². The van der Waals surface area contributed by atoms with Crippen LogP contribution >= 0.6 is 15.9 Å². The third kappa shape index (κ3) is 2.83. The van der Waals surface area contributed by atoms with Gasteiger partial charge in [-0.2, -0.15) is 5.10 Å². The number of rotatable bonds is 4. The first-order valence-electron chi connectivity index (χ1n) is 6.66. The Labute approximate surface area is 127 Å². The molecule has 100 valence electrons. The van der Waals surface area contributed by atoms with Crippen LogP contribution in [0, 0.1) is 0 Å². The lowest BCUT2D eigenvalue weighted by Gasteiger charge is -2.04. The fourth-order valence-corrected chi connectivity index (χ4v) is 2.80. The van der Waals surface area contributed by atoms with Gasteiger partial charge in [0.05, 0.1) is 11.9 Å². The molecule has 0 aliphatic carbocycles. The van der Waals surface area contributed by atoms with E-state index in [1.54, 1.807) is 0 Å². The molecular formula is C17H15BrN2. The maximum absolute atomic E-state index is 4.47. The van der Waals surface area contributed by atoms with Gasteiger partial charge in [-0.1, -0.05) is 48.5 Å². The van der Waals surface area contributed by atoms with Crippen LogP contribution in [0.4, 0.5) is 0 Å². The lowest BCUT2D eigenvalue weighted by molar-refractivity contribution is 0.856. The van der Waals surface area contributed by atoms with E-state index in [9.17, 15) is 0 Å². The van der Waals surface area contributed by atoms with Gasteiger partial charge in [-0.3, -0.25) is 0 Å². The van der Waals surface area contributed by atoms with E-state index >= 15 is 0 Å². The zero-order valence-electron chi connectivity index (χ0n) is 11.0. The van der Waals surface area contributed by atoms with E-state index in [0.717, 1.165) is 23.1 Å². The molecule has 0 saturated carbocycles. The standard InChI is InChI=1S/C17H15BrN2/c18-17-15(12-11-14-7-3-1-4-8-14)13-19-20(17)16-9-5-2-6-10-16/h1-10,13H,11-12H2. The summed E-state index contributed by atoms with van der Waals surface area (Å²) in [6.07, 6.45) is 3.96. The Morgan fingerprint density at radius 3 is 2.20 bits per heavy atom. The highest BCUT2D eigenvalue weighted by atomic mass is 79.9. The van der Waals surface area contributed by atoms with Gasteiger partial charge < -0.3 is 0 Å². The van der Waals surface area contributed by atoms with Gasteiger partial charge in [0.1, 0.15) is 4.60 Å². The van der Waals surface area contributed by atoms with Crippen molar-refractivity contribution in [3.05, 3.63) is 82.6 Å². The van der Waals surface area contributed by atoms with Gasteiger partial charge >= 0.3 is 0 Å². The van der Waals surface area contributed by atoms with Gasteiger partial charge in [0.15, 0.2) is 0 Å². The first kappa shape index (κ1) is 13.1. The molecule has 0 aliphatic heterocycles. The van der Waals surface area contributed by atoms with E-state index in [0.29, 0.717) is 0 Å². The zero-order valence-corrected chi connectivity index (χ0v) is 12.6. The summed E-state index contributed by atoms with van der Waals surface area (Å²) in [5.41, 5.74) is 3.66. The van der Waals surface area contributed by atoms with Gasteiger partial charge in [0.2, 0.25) is 0 Å². The summed E-state index contributed by atoms with van der Waals surface area (Å²) in [5, 5.41) is 4.47. The number of aromatic nitrogens is 2. The smallest absolute Gasteiger partial charge is 0.113 e. The maximum atomic E-state index is 4.47. The molecule has 3 rings (SSSR count). The minimum absolute atomic E-state index is 0.984. The minimum atomic E-state index is 0.984. The van der Waals surface area contributed by atoms with Crippen molar-refractivity contribution < 1.29 is 0 Å². The summed E-state index contributed by atoms with van der Waals surface area (Å²) in [6.45, 7) is 0. The Balaban J connectivity index is 1.78. The van der Waals surface area contributed by atoms with E-state index < -0.39 is 0 Å². The quantitative estimate of drug-likeness (QED) is 0.694. The second-order valence-electron chi connectivity index (χ2n) is 4.69. The van der Waals surface area contributed by atoms with Crippen LogP contribution in [0.3, 0.4) is 0 Å². The van der Waals surface area contributed by atoms with Crippen LogP contribution in [0.5, 0.6) is 0 Å². The van der Waals surface area contributed by atoms with Crippen molar-refractivity contribution in [2.75, 3.05) is 0 Å². The molecule has 0 bridgehead atoms. The van der Waals surface area contributed by atoms with Crippen molar-refractivity contribution in [1.29, 1.82) is 0 Å². The molecule has 20 heavy (non-hydrogen) atoms. The summed E-state index contributed by atoms with van der Waals surface area (Å²) in [6, 6.07) is 20.7. The topological polar surface area (TPSA) is 17.8 Å². The predicted octanol–water partition coefficient (Wildman–Crippen LogP) is 4.42. The number of para-hydroxylation sites is 1. The molecule has 0 atom stereocenters. The zero-order chi connectivity index (χ0) is 13.8. The maximum Gasteiger partial charge on any atom is 0.113 e. The summed E-state index contributed by atoms with van der Waals surface area (Å²) in [4.78, 5) is 0. The number of benzene rings is 2. The van der Waals surface area contributed by atoms with Crippen LogP contribution in [-0.4, -0.2) is 9.78 Å². The highest BCUT2D eigenvalue weighted by molar-refractivity contribution is 9.10. The largest absolute Gasteiger partial charge is 0.226 e. The fourth-order valence-electron chi connectivity index (χ4n) is 2.21. The molecule has 0 unspecified atom stereocenters. The molecule has 0 radical (unpaired) electrons. The number of aryl methyl sites for hydroxylation is 2. The second-order valence-corrected chi connectivity index (χ2v) is 5.44. The van der Waals surface area contributed by atoms with Gasteiger partial charge in [-0.15, -0.1) is 0 Å². The molecule has 2 aromatic carbocycles. The van der Waals surface area contributed by atoms with Gasteiger partial charge in [-0.25, -0.2) is 4.68 Å². The normalized spacial score (nSPS) is 10.7. The van der Waals surface area contributed by atoms with Crippen LogP contribution < -0.4 is 0 Å². The van der Waals surface area contributed by atoms with E-state index in [4.69, 9.17) is 0 Å². The lowest BCUT2D eigenvalue weighted by Crippen LogP contribution is -1.97.